The van der Waals surface area contributed by atoms with Gasteiger partial charge >= 0.3 is 5.97 Å². The number of pyridine rings is 1. The summed E-state index contributed by atoms with van der Waals surface area (Å²) < 4.78 is 5.19. The van der Waals surface area contributed by atoms with Crippen LogP contribution in [0.4, 0.5) is 11.4 Å². The number of nitrogens with zero attached hydrogens (tertiary/aromatic N) is 1. The van der Waals surface area contributed by atoms with Gasteiger partial charge in [-0.2, -0.15) is 0 Å². The Morgan fingerprint density at radius 3 is 2.76 bits per heavy atom. The minimum atomic E-state index is -0.409. The van der Waals surface area contributed by atoms with Gasteiger partial charge in [-0.1, -0.05) is 36.7 Å². The fourth-order valence-electron chi connectivity index (χ4n) is 2.75. The van der Waals surface area contributed by atoms with Gasteiger partial charge in [0.25, 0.3) is 0 Å². The molecule has 0 atom stereocenters. The fourth-order valence-corrected chi connectivity index (χ4v) is 2.92. The molecule has 128 valence electrons. The van der Waals surface area contributed by atoms with Crippen molar-refractivity contribution in [1.82, 2.24) is 4.98 Å². The molecule has 1 aromatic heterocycles. The number of carbonyl (C=O) groups is 1. The van der Waals surface area contributed by atoms with Gasteiger partial charge in [0, 0.05) is 22.3 Å². The Hall–Kier alpha value is -2.59. The first kappa shape index (κ1) is 17.2. The summed E-state index contributed by atoms with van der Waals surface area (Å²) in [5.41, 5.74) is 3.91. The summed E-state index contributed by atoms with van der Waals surface area (Å²) >= 11 is 6.17. The highest BCUT2D eigenvalue weighted by molar-refractivity contribution is 6.31. The van der Waals surface area contributed by atoms with E-state index < -0.39 is 5.97 Å². The van der Waals surface area contributed by atoms with Gasteiger partial charge in [-0.15, -0.1) is 0 Å². The number of esters is 1. The number of ether oxygens (including phenoxy) is 1. The number of benzene rings is 2. The van der Waals surface area contributed by atoms with Crippen LogP contribution in [0.3, 0.4) is 0 Å². The van der Waals surface area contributed by atoms with Crippen molar-refractivity contribution in [3.8, 4) is 0 Å². The smallest absolute Gasteiger partial charge is 0.341 e. The number of fused-ring (bicyclic) bond motifs is 1. The van der Waals surface area contributed by atoms with Gasteiger partial charge in [0.05, 0.1) is 17.8 Å². The maximum absolute atomic E-state index is 12.4. The van der Waals surface area contributed by atoms with Crippen LogP contribution in [0.25, 0.3) is 10.9 Å². The average molecular weight is 355 g/mol. The minimum absolute atomic E-state index is 0.303. The molecule has 0 bridgehead atoms. The molecule has 0 fully saturated rings. The average Bonchev–Trinajstić information content (AvgIpc) is 2.62. The second kappa shape index (κ2) is 7.53. The topological polar surface area (TPSA) is 51.2 Å². The number of anilines is 2. The number of rotatable bonds is 5. The van der Waals surface area contributed by atoms with Crippen LogP contribution in [0.2, 0.25) is 5.02 Å². The van der Waals surface area contributed by atoms with Gasteiger partial charge in [0.1, 0.15) is 5.56 Å². The highest BCUT2D eigenvalue weighted by Gasteiger charge is 2.18. The first-order valence-corrected chi connectivity index (χ1v) is 8.62. The van der Waals surface area contributed by atoms with Crippen molar-refractivity contribution in [3.63, 3.8) is 0 Å². The standard InChI is InChI=1S/C20H19ClN2O2/c1-3-13-7-5-6-8-17(13)23-19-15-11-14(21)9-10-18(15)22-12-16(19)20(24)25-4-2/h5-12H,3-4H2,1-2H3,(H,22,23). The second-order valence-electron chi connectivity index (χ2n) is 5.56. The van der Waals surface area contributed by atoms with Crippen LogP contribution in [-0.4, -0.2) is 17.6 Å². The number of halogens is 1. The second-order valence-corrected chi connectivity index (χ2v) is 6.00. The largest absolute Gasteiger partial charge is 0.462 e. The van der Waals surface area contributed by atoms with Gasteiger partial charge in [-0.25, -0.2) is 4.79 Å². The lowest BCUT2D eigenvalue weighted by Gasteiger charge is -2.16. The molecule has 0 aliphatic carbocycles. The first-order valence-electron chi connectivity index (χ1n) is 8.24. The Morgan fingerprint density at radius 2 is 2.00 bits per heavy atom. The Labute approximate surface area is 151 Å². The number of aromatic nitrogens is 1. The number of para-hydroxylation sites is 1. The number of hydrogen-bond donors (Lipinski definition) is 1. The van der Waals surface area contributed by atoms with Crippen LogP contribution in [0.1, 0.15) is 29.8 Å². The summed E-state index contributed by atoms with van der Waals surface area (Å²) in [7, 11) is 0. The van der Waals surface area contributed by atoms with E-state index in [1.807, 2.05) is 30.3 Å². The Bertz CT molecular complexity index is 925. The third-order valence-electron chi connectivity index (χ3n) is 3.98. The van der Waals surface area contributed by atoms with Crippen LogP contribution in [0.5, 0.6) is 0 Å². The molecular formula is C20H19ClN2O2. The highest BCUT2D eigenvalue weighted by atomic mass is 35.5. The van der Waals surface area contributed by atoms with Gasteiger partial charge in [-0.05, 0) is 43.2 Å². The normalized spacial score (nSPS) is 10.7. The van der Waals surface area contributed by atoms with Gasteiger partial charge in [0.2, 0.25) is 0 Å². The lowest BCUT2D eigenvalue weighted by molar-refractivity contribution is 0.0527. The van der Waals surface area contributed by atoms with E-state index in [1.165, 1.54) is 0 Å². The molecule has 0 saturated carbocycles. The molecule has 0 radical (unpaired) electrons. The quantitative estimate of drug-likeness (QED) is 0.626. The Kier molecular flexibility index (Phi) is 5.19. The molecule has 0 aliphatic heterocycles. The zero-order valence-electron chi connectivity index (χ0n) is 14.2. The molecule has 0 saturated heterocycles. The van der Waals surface area contributed by atoms with E-state index in [1.54, 1.807) is 19.2 Å². The molecule has 4 nitrogen and oxygen atoms in total. The van der Waals surface area contributed by atoms with Crippen molar-refractivity contribution in [1.29, 1.82) is 0 Å². The summed E-state index contributed by atoms with van der Waals surface area (Å²) in [6, 6.07) is 13.4. The van der Waals surface area contributed by atoms with E-state index in [9.17, 15) is 4.79 Å². The number of carbonyl (C=O) groups excluding carboxylic acids is 1. The molecule has 3 aromatic rings. The summed E-state index contributed by atoms with van der Waals surface area (Å²) in [5.74, 6) is -0.409. The summed E-state index contributed by atoms with van der Waals surface area (Å²) in [4.78, 5) is 16.8. The van der Waals surface area contributed by atoms with E-state index in [4.69, 9.17) is 16.3 Å². The third kappa shape index (κ3) is 3.59. The molecule has 2 aromatic carbocycles. The van der Waals surface area contributed by atoms with E-state index in [0.29, 0.717) is 22.9 Å². The predicted octanol–water partition coefficient (Wildman–Crippen LogP) is 5.37. The summed E-state index contributed by atoms with van der Waals surface area (Å²) in [5, 5.41) is 4.77. The molecule has 0 spiro atoms. The maximum atomic E-state index is 12.4. The first-order chi connectivity index (χ1) is 12.1. The Morgan fingerprint density at radius 1 is 1.20 bits per heavy atom. The molecule has 1 N–H and O–H groups in total. The molecular weight excluding hydrogens is 336 g/mol. The summed E-state index contributed by atoms with van der Waals surface area (Å²) in [6.07, 6.45) is 2.42. The van der Waals surface area contributed by atoms with E-state index in [-0.39, 0.29) is 0 Å². The third-order valence-corrected chi connectivity index (χ3v) is 4.22. The number of nitrogens with one attached hydrogen (secondary N) is 1. The van der Waals surface area contributed by atoms with E-state index in [0.717, 1.165) is 28.6 Å². The fraction of sp³-hybridized carbons (Fsp3) is 0.200. The Balaban J connectivity index is 2.19. The van der Waals surface area contributed by atoms with Crippen molar-refractivity contribution < 1.29 is 9.53 Å². The van der Waals surface area contributed by atoms with Crippen molar-refractivity contribution in [2.24, 2.45) is 0 Å². The van der Waals surface area contributed by atoms with Crippen LogP contribution < -0.4 is 5.32 Å². The summed E-state index contributed by atoms with van der Waals surface area (Å²) in [6.45, 7) is 4.18. The lowest BCUT2D eigenvalue weighted by atomic mass is 10.1. The van der Waals surface area contributed by atoms with Crippen LogP contribution in [0.15, 0.2) is 48.7 Å². The maximum Gasteiger partial charge on any atom is 0.341 e. The van der Waals surface area contributed by atoms with Crippen LogP contribution in [-0.2, 0) is 11.2 Å². The molecule has 5 heteroatoms. The van der Waals surface area contributed by atoms with Crippen molar-refractivity contribution in [3.05, 3.63) is 64.8 Å². The monoisotopic (exact) mass is 354 g/mol. The van der Waals surface area contributed by atoms with Crippen LogP contribution >= 0.6 is 11.6 Å². The molecule has 0 unspecified atom stereocenters. The van der Waals surface area contributed by atoms with Crippen molar-refractivity contribution in [2.45, 2.75) is 20.3 Å². The van der Waals surface area contributed by atoms with Crippen molar-refractivity contribution in [2.75, 3.05) is 11.9 Å². The highest BCUT2D eigenvalue weighted by Crippen LogP contribution is 2.32. The number of aryl methyl sites for hydroxylation is 1. The molecule has 0 aliphatic rings. The molecule has 0 amide bonds. The van der Waals surface area contributed by atoms with Gasteiger partial charge < -0.3 is 10.1 Å². The van der Waals surface area contributed by atoms with Gasteiger partial charge in [0.15, 0.2) is 0 Å². The van der Waals surface area contributed by atoms with Crippen LogP contribution in [0, 0.1) is 0 Å². The number of hydrogen-bond acceptors (Lipinski definition) is 4. The van der Waals surface area contributed by atoms with E-state index in [2.05, 4.69) is 23.3 Å². The lowest BCUT2D eigenvalue weighted by Crippen LogP contribution is -2.09. The van der Waals surface area contributed by atoms with Gasteiger partial charge in [-0.3, -0.25) is 4.98 Å². The molecule has 1 heterocycles. The molecule has 3 rings (SSSR count). The zero-order chi connectivity index (χ0) is 17.8. The molecule has 25 heavy (non-hydrogen) atoms. The van der Waals surface area contributed by atoms with E-state index >= 15 is 0 Å². The predicted molar refractivity (Wildman–Crippen MR) is 102 cm³/mol. The minimum Gasteiger partial charge on any atom is -0.462 e. The zero-order valence-corrected chi connectivity index (χ0v) is 14.9. The van der Waals surface area contributed by atoms with Crippen molar-refractivity contribution >= 4 is 39.8 Å². The SMILES string of the molecule is CCOC(=O)c1cnc2ccc(Cl)cc2c1Nc1ccccc1CC.